The largest absolute Gasteiger partial charge is 0.300 e. The third kappa shape index (κ3) is 1.22. The molecule has 1 aliphatic rings. The van der Waals surface area contributed by atoms with Gasteiger partial charge in [0.15, 0.2) is 0 Å². The van der Waals surface area contributed by atoms with Crippen LogP contribution in [0.1, 0.15) is 17.5 Å². The summed E-state index contributed by atoms with van der Waals surface area (Å²) in [6.07, 6.45) is 4.69. The van der Waals surface area contributed by atoms with E-state index in [4.69, 9.17) is 5.41 Å². The summed E-state index contributed by atoms with van der Waals surface area (Å²) in [4.78, 5) is 0. The van der Waals surface area contributed by atoms with Crippen LogP contribution in [0.15, 0.2) is 42.5 Å². The molecule has 0 saturated heterocycles. The van der Waals surface area contributed by atoms with Crippen molar-refractivity contribution in [1.29, 1.82) is 5.41 Å². The maximum absolute atomic E-state index is 7.88. The summed E-state index contributed by atoms with van der Waals surface area (Å²) in [5.41, 5.74) is 3.91. The highest BCUT2D eigenvalue weighted by atomic mass is 14.4. The molecule has 0 spiro atoms. The number of rotatable bonds is 2. The van der Waals surface area contributed by atoms with Gasteiger partial charge in [-0.2, -0.15) is 0 Å². The minimum atomic E-state index is 0.649. The van der Waals surface area contributed by atoms with Crippen molar-refractivity contribution in [3.05, 3.63) is 53.6 Å². The summed E-state index contributed by atoms with van der Waals surface area (Å²) in [7, 11) is 0. The molecule has 1 heteroatoms. The van der Waals surface area contributed by atoms with E-state index in [0.29, 0.717) is 5.71 Å². The molecule has 1 N–H and O–H groups in total. The molecule has 1 aromatic rings. The van der Waals surface area contributed by atoms with E-state index in [2.05, 4.69) is 12.7 Å². The maximum Gasteiger partial charge on any atom is 0.0653 e. The van der Waals surface area contributed by atoms with Crippen LogP contribution in [0.3, 0.4) is 0 Å². The molecule has 0 unspecified atom stereocenters. The van der Waals surface area contributed by atoms with E-state index >= 15 is 0 Å². The lowest BCUT2D eigenvalue weighted by Crippen LogP contribution is -1.97. The lowest BCUT2D eigenvalue weighted by Gasteiger charge is -1.99. The highest BCUT2D eigenvalue weighted by Crippen LogP contribution is 2.26. The first kappa shape index (κ1) is 7.99. The summed E-state index contributed by atoms with van der Waals surface area (Å²) >= 11 is 0. The standard InChI is InChI=1S/C12H11N/c1-2-5-10-8-9-6-3-4-7-11(9)12(10)13/h2-4,6-8,13H,1,5H2. The Balaban J connectivity index is 2.44. The molecule has 2 rings (SSSR count). The third-order valence-electron chi connectivity index (χ3n) is 2.25. The third-order valence-corrected chi connectivity index (χ3v) is 2.25. The molecule has 1 aromatic carbocycles. The lowest BCUT2D eigenvalue weighted by molar-refractivity contribution is 1.33. The molecule has 13 heavy (non-hydrogen) atoms. The van der Waals surface area contributed by atoms with Crippen LogP contribution < -0.4 is 0 Å². The Morgan fingerprint density at radius 2 is 2.08 bits per heavy atom. The van der Waals surface area contributed by atoms with Crippen LogP contribution in [0, 0.1) is 5.41 Å². The predicted molar refractivity (Wildman–Crippen MR) is 56.1 cm³/mol. The van der Waals surface area contributed by atoms with E-state index in [1.165, 1.54) is 0 Å². The highest BCUT2D eigenvalue weighted by molar-refractivity contribution is 6.19. The van der Waals surface area contributed by atoms with Gasteiger partial charge in [-0.3, -0.25) is 5.41 Å². The van der Waals surface area contributed by atoms with Crippen LogP contribution >= 0.6 is 0 Å². The van der Waals surface area contributed by atoms with Crippen molar-refractivity contribution < 1.29 is 0 Å². The van der Waals surface area contributed by atoms with E-state index in [1.54, 1.807) is 0 Å². The fourth-order valence-corrected chi connectivity index (χ4v) is 1.60. The summed E-state index contributed by atoms with van der Waals surface area (Å²) in [6, 6.07) is 8.00. The summed E-state index contributed by atoms with van der Waals surface area (Å²) in [5, 5.41) is 7.88. The molecule has 0 amide bonds. The van der Waals surface area contributed by atoms with Gasteiger partial charge in [-0.15, -0.1) is 6.58 Å². The normalized spacial score (nSPS) is 13.8. The Morgan fingerprint density at radius 1 is 1.31 bits per heavy atom. The second kappa shape index (κ2) is 3.02. The molecule has 0 heterocycles. The van der Waals surface area contributed by atoms with Gasteiger partial charge in [0.1, 0.15) is 0 Å². The number of benzene rings is 1. The number of fused-ring (bicyclic) bond motifs is 1. The molecule has 1 nitrogen and oxygen atoms in total. The van der Waals surface area contributed by atoms with Crippen LogP contribution in [0.2, 0.25) is 0 Å². The van der Waals surface area contributed by atoms with Gasteiger partial charge >= 0.3 is 0 Å². The SMILES string of the molecule is C=CCC1=Cc2ccccc2C1=N. The van der Waals surface area contributed by atoms with Crippen LogP contribution in [0.25, 0.3) is 6.08 Å². The smallest absolute Gasteiger partial charge is 0.0653 e. The lowest BCUT2D eigenvalue weighted by atomic mass is 10.1. The average molecular weight is 169 g/mol. The maximum atomic E-state index is 7.88. The highest BCUT2D eigenvalue weighted by Gasteiger charge is 2.16. The Kier molecular flexibility index (Phi) is 1.85. The Labute approximate surface area is 77.9 Å². The summed E-state index contributed by atoms with van der Waals surface area (Å²) in [6.45, 7) is 3.68. The number of hydrogen-bond donors (Lipinski definition) is 1. The number of allylic oxidation sites excluding steroid dienone is 2. The first-order chi connectivity index (χ1) is 6.33. The van der Waals surface area contributed by atoms with Gasteiger partial charge in [0.2, 0.25) is 0 Å². The molecule has 0 aliphatic heterocycles. The molecule has 0 saturated carbocycles. The summed E-state index contributed by atoms with van der Waals surface area (Å²) < 4.78 is 0. The van der Waals surface area contributed by atoms with E-state index in [9.17, 15) is 0 Å². The zero-order valence-electron chi connectivity index (χ0n) is 7.38. The summed E-state index contributed by atoms with van der Waals surface area (Å²) in [5.74, 6) is 0. The molecule has 0 bridgehead atoms. The minimum Gasteiger partial charge on any atom is -0.300 e. The van der Waals surface area contributed by atoms with Gasteiger partial charge in [0.05, 0.1) is 5.71 Å². The zero-order chi connectivity index (χ0) is 9.26. The van der Waals surface area contributed by atoms with Gasteiger partial charge < -0.3 is 0 Å². The minimum absolute atomic E-state index is 0.649. The van der Waals surface area contributed by atoms with Crippen molar-refractivity contribution in [1.82, 2.24) is 0 Å². The van der Waals surface area contributed by atoms with Gasteiger partial charge in [0.25, 0.3) is 0 Å². The first-order valence-corrected chi connectivity index (χ1v) is 4.32. The fraction of sp³-hybridized carbons (Fsp3) is 0.0833. The molecule has 0 fully saturated rings. The molecule has 1 aliphatic carbocycles. The first-order valence-electron chi connectivity index (χ1n) is 4.32. The van der Waals surface area contributed by atoms with E-state index in [-0.39, 0.29) is 0 Å². The predicted octanol–water partition coefficient (Wildman–Crippen LogP) is 3.03. The topological polar surface area (TPSA) is 23.9 Å². The average Bonchev–Trinajstić information content (AvgIpc) is 2.46. The van der Waals surface area contributed by atoms with Gasteiger partial charge in [-0.25, -0.2) is 0 Å². The molecular weight excluding hydrogens is 158 g/mol. The van der Waals surface area contributed by atoms with Crippen LogP contribution in [-0.4, -0.2) is 5.71 Å². The molecule has 0 atom stereocenters. The second-order valence-corrected chi connectivity index (χ2v) is 3.12. The monoisotopic (exact) mass is 169 g/mol. The Hall–Kier alpha value is -1.63. The van der Waals surface area contributed by atoms with E-state index in [0.717, 1.165) is 23.1 Å². The fourth-order valence-electron chi connectivity index (χ4n) is 1.60. The van der Waals surface area contributed by atoms with Crippen molar-refractivity contribution in [2.75, 3.05) is 0 Å². The van der Waals surface area contributed by atoms with Crippen LogP contribution in [-0.2, 0) is 0 Å². The Bertz CT molecular complexity index is 399. The van der Waals surface area contributed by atoms with Gasteiger partial charge in [-0.1, -0.05) is 30.3 Å². The van der Waals surface area contributed by atoms with Crippen LogP contribution in [0.5, 0.6) is 0 Å². The van der Waals surface area contributed by atoms with Gasteiger partial charge in [-0.05, 0) is 23.6 Å². The molecule has 0 aromatic heterocycles. The van der Waals surface area contributed by atoms with E-state index in [1.807, 2.05) is 30.3 Å². The van der Waals surface area contributed by atoms with Crippen molar-refractivity contribution in [3.8, 4) is 0 Å². The van der Waals surface area contributed by atoms with Crippen molar-refractivity contribution in [2.45, 2.75) is 6.42 Å². The van der Waals surface area contributed by atoms with Crippen molar-refractivity contribution in [2.24, 2.45) is 0 Å². The van der Waals surface area contributed by atoms with Crippen molar-refractivity contribution >= 4 is 11.8 Å². The van der Waals surface area contributed by atoms with Crippen LogP contribution in [0.4, 0.5) is 0 Å². The van der Waals surface area contributed by atoms with Gasteiger partial charge in [0, 0.05) is 5.56 Å². The number of hydrogen-bond acceptors (Lipinski definition) is 1. The Morgan fingerprint density at radius 3 is 2.77 bits per heavy atom. The zero-order valence-corrected chi connectivity index (χ0v) is 7.38. The quantitative estimate of drug-likeness (QED) is 0.658. The van der Waals surface area contributed by atoms with Crippen molar-refractivity contribution in [3.63, 3.8) is 0 Å². The second-order valence-electron chi connectivity index (χ2n) is 3.12. The molecular formula is C12H11N. The molecule has 64 valence electrons. The van der Waals surface area contributed by atoms with E-state index < -0.39 is 0 Å². The molecule has 0 radical (unpaired) electrons. The number of nitrogens with one attached hydrogen (secondary N) is 1.